The first-order valence-corrected chi connectivity index (χ1v) is 9.27. The predicted molar refractivity (Wildman–Crippen MR) is 108 cm³/mol. The Morgan fingerprint density at radius 2 is 1.82 bits per heavy atom. The number of carbonyl (C=O) groups is 3. The minimum Gasteiger partial charge on any atom is -0.480 e. The monoisotopic (exact) mass is 412 g/mol. The molecule has 9 heteroatoms. The van der Waals surface area contributed by atoms with E-state index in [9.17, 15) is 14.4 Å². The van der Waals surface area contributed by atoms with Gasteiger partial charge in [-0.3, -0.25) is 24.7 Å². The molecule has 3 N–H and O–H groups in total. The van der Waals surface area contributed by atoms with Crippen LogP contribution in [0.4, 0.5) is 4.79 Å². The summed E-state index contributed by atoms with van der Waals surface area (Å²) in [7, 11) is 0. The van der Waals surface area contributed by atoms with Gasteiger partial charge in [-0.15, -0.1) is 12.4 Å². The van der Waals surface area contributed by atoms with Crippen molar-refractivity contribution < 1.29 is 19.5 Å². The molecular weight excluding hydrogens is 384 g/mol. The lowest BCUT2D eigenvalue weighted by Gasteiger charge is -2.37. The number of rotatable bonds is 8. The van der Waals surface area contributed by atoms with Gasteiger partial charge in [0.05, 0.1) is 13.1 Å². The Balaban J connectivity index is 0.00000392. The third-order valence-corrected chi connectivity index (χ3v) is 4.73. The van der Waals surface area contributed by atoms with Crippen molar-refractivity contribution in [3.8, 4) is 0 Å². The van der Waals surface area contributed by atoms with Crippen molar-refractivity contribution in [3.05, 3.63) is 35.9 Å². The van der Waals surface area contributed by atoms with Crippen molar-refractivity contribution in [1.29, 1.82) is 0 Å². The number of hydrogen-bond donors (Lipinski definition) is 3. The first-order chi connectivity index (χ1) is 13.0. The average molecular weight is 413 g/mol. The fourth-order valence-electron chi connectivity index (χ4n) is 3.31. The van der Waals surface area contributed by atoms with Crippen LogP contribution in [-0.4, -0.2) is 71.6 Å². The number of imide groups is 1. The molecule has 0 spiro atoms. The minimum absolute atomic E-state index is 0. The number of nitrogens with zero attached hydrogens (tertiary/aromatic N) is 2. The smallest absolute Gasteiger partial charge is 0.321 e. The lowest BCUT2D eigenvalue weighted by atomic mass is 10.0. The summed E-state index contributed by atoms with van der Waals surface area (Å²) in [5.74, 6) is -1.16. The van der Waals surface area contributed by atoms with Gasteiger partial charge in [0, 0.05) is 25.7 Å². The van der Waals surface area contributed by atoms with Gasteiger partial charge in [-0.1, -0.05) is 37.3 Å². The van der Waals surface area contributed by atoms with Gasteiger partial charge in [0.2, 0.25) is 5.91 Å². The van der Waals surface area contributed by atoms with E-state index in [0.29, 0.717) is 26.2 Å². The van der Waals surface area contributed by atoms with Crippen LogP contribution in [0.15, 0.2) is 30.3 Å². The number of carboxylic acids is 1. The third kappa shape index (κ3) is 8.24. The number of halogens is 1. The first kappa shape index (κ1) is 23.9. The summed E-state index contributed by atoms with van der Waals surface area (Å²) in [5, 5.41) is 14.0. The van der Waals surface area contributed by atoms with Gasteiger partial charge in [0.15, 0.2) is 0 Å². The molecule has 8 nitrogen and oxygen atoms in total. The SMILES string of the molecule is CCN(CC(=O)O)C1CCN(CC(=O)NC(=O)NCc2ccccc2)CC1.Cl. The van der Waals surface area contributed by atoms with E-state index in [1.54, 1.807) is 0 Å². The van der Waals surface area contributed by atoms with Crippen LogP contribution in [0.2, 0.25) is 0 Å². The van der Waals surface area contributed by atoms with E-state index < -0.39 is 12.0 Å². The van der Waals surface area contributed by atoms with E-state index in [4.69, 9.17) is 5.11 Å². The Morgan fingerprint density at radius 3 is 2.39 bits per heavy atom. The number of likely N-dealkylation sites (N-methyl/N-ethyl adjacent to an activating group) is 1. The molecule has 1 heterocycles. The predicted octanol–water partition coefficient (Wildman–Crippen LogP) is 1.31. The summed E-state index contributed by atoms with van der Waals surface area (Å²) in [4.78, 5) is 38.7. The van der Waals surface area contributed by atoms with E-state index in [1.165, 1.54) is 0 Å². The van der Waals surface area contributed by atoms with E-state index in [0.717, 1.165) is 18.4 Å². The van der Waals surface area contributed by atoms with Gasteiger partial charge >= 0.3 is 12.0 Å². The molecule has 1 aromatic carbocycles. The molecule has 0 aromatic heterocycles. The summed E-state index contributed by atoms with van der Waals surface area (Å²) in [6, 6.07) is 9.20. The quantitative estimate of drug-likeness (QED) is 0.595. The Labute approximate surface area is 171 Å². The van der Waals surface area contributed by atoms with Gasteiger partial charge in [-0.2, -0.15) is 0 Å². The molecule has 28 heavy (non-hydrogen) atoms. The fraction of sp³-hybridized carbons (Fsp3) is 0.526. The first-order valence-electron chi connectivity index (χ1n) is 9.27. The van der Waals surface area contributed by atoms with Crippen LogP contribution in [0.25, 0.3) is 0 Å². The molecule has 1 fully saturated rings. The Morgan fingerprint density at radius 1 is 1.18 bits per heavy atom. The maximum absolute atomic E-state index is 12.0. The van der Waals surface area contributed by atoms with E-state index in [2.05, 4.69) is 10.6 Å². The van der Waals surface area contributed by atoms with Crippen LogP contribution in [0, 0.1) is 0 Å². The van der Waals surface area contributed by atoms with Crippen LogP contribution in [-0.2, 0) is 16.1 Å². The molecule has 3 amide bonds. The van der Waals surface area contributed by atoms with Crippen LogP contribution in [0.1, 0.15) is 25.3 Å². The molecule has 0 atom stereocenters. The van der Waals surface area contributed by atoms with E-state index >= 15 is 0 Å². The van der Waals surface area contributed by atoms with Crippen molar-refractivity contribution in [2.24, 2.45) is 0 Å². The number of likely N-dealkylation sites (tertiary alicyclic amines) is 1. The second-order valence-corrected chi connectivity index (χ2v) is 6.68. The van der Waals surface area contributed by atoms with Gasteiger partial charge in [0.1, 0.15) is 0 Å². The number of amides is 3. The normalized spacial score (nSPS) is 14.9. The van der Waals surface area contributed by atoms with Gasteiger partial charge < -0.3 is 10.4 Å². The lowest BCUT2D eigenvalue weighted by Crippen LogP contribution is -2.50. The number of benzene rings is 1. The van der Waals surface area contributed by atoms with Crippen LogP contribution < -0.4 is 10.6 Å². The molecular formula is C19H29ClN4O4. The topological polar surface area (TPSA) is 102 Å². The summed E-state index contributed by atoms with van der Waals surface area (Å²) in [5.41, 5.74) is 0.962. The molecule has 0 bridgehead atoms. The molecule has 0 saturated carbocycles. The largest absolute Gasteiger partial charge is 0.480 e. The summed E-state index contributed by atoms with van der Waals surface area (Å²) < 4.78 is 0. The van der Waals surface area contributed by atoms with Gasteiger partial charge in [-0.25, -0.2) is 4.79 Å². The number of urea groups is 1. The Kier molecular flexibility index (Phi) is 10.5. The maximum atomic E-state index is 12.0. The standard InChI is InChI=1S/C19H28N4O4.ClH/c1-2-23(14-18(25)26)16-8-10-22(11-9-16)13-17(24)21-19(27)20-12-15-6-4-3-5-7-15;/h3-7,16H,2,8-14H2,1H3,(H,25,26)(H2,20,21,24,27);1H. The third-order valence-electron chi connectivity index (χ3n) is 4.73. The zero-order valence-electron chi connectivity index (χ0n) is 16.1. The summed E-state index contributed by atoms with van der Waals surface area (Å²) >= 11 is 0. The molecule has 0 aliphatic carbocycles. The second-order valence-electron chi connectivity index (χ2n) is 6.68. The van der Waals surface area contributed by atoms with E-state index in [1.807, 2.05) is 47.1 Å². The highest BCUT2D eigenvalue weighted by molar-refractivity contribution is 5.95. The van der Waals surface area contributed by atoms with Crippen LogP contribution in [0.5, 0.6) is 0 Å². The zero-order valence-corrected chi connectivity index (χ0v) is 16.9. The number of carboxylic acid groups (broad SMARTS) is 1. The van der Waals surface area contributed by atoms with E-state index in [-0.39, 0.29) is 37.4 Å². The highest BCUT2D eigenvalue weighted by atomic mass is 35.5. The number of nitrogens with one attached hydrogen (secondary N) is 2. The molecule has 1 aromatic rings. The molecule has 156 valence electrons. The highest BCUT2D eigenvalue weighted by Crippen LogP contribution is 2.16. The lowest BCUT2D eigenvalue weighted by molar-refractivity contribution is -0.139. The van der Waals surface area contributed by atoms with Crippen LogP contribution in [0.3, 0.4) is 0 Å². The average Bonchev–Trinajstić information content (AvgIpc) is 2.66. The molecule has 0 unspecified atom stereocenters. The van der Waals surface area contributed by atoms with Gasteiger partial charge in [-0.05, 0) is 24.9 Å². The fourth-order valence-corrected chi connectivity index (χ4v) is 3.31. The highest BCUT2D eigenvalue weighted by Gasteiger charge is 2.26. The van der Waals surface area contributed by atoms with Crippen molar-refractivity contribution in [2.45, 2.75) is 32.4 Å². The van der Waals surface area contributed by atoms with Crippen molar-refractivity contribution in [2.75, 3.05) is 32.7 Å². The van der Waals surface area contributed by atoms with Crippen molar-refractivity contribution in [1.82, 2.24) is 20.4 Å². The Bertz CT molecular complexity index is 636. The number of carbonyl (C=O) groups excluding carboxylic acids is 2. The van der Waals surface area contributed by atoms with Crippen molar-refractivity contribution >= 4 is 30.3 Å². The molecule has 2 rings (SSSR count). The maximum Gasteiger partial charge on any atom is 0.321 e. The summed E-state index contributed by atoms with van der Waals surface area (Å²) in [6.45, 7) is 4.64. The molecule has 1 aliphatic heterocycles. The number of aliphatic carboxylic acids is 1. The number of piperidine rings is 1. The number of hydrogen-bond acceptors (Lipinski definition) is 5. The summed E-state index contributed by atoms with van der Waals surface area (Å²) in [6.07, 6.45) is 1.63. The Hall–Kier alpha value is -2.16. The van der Waals surface area contributed by atoms with Crippen molar-refractivity contribution in [3.63, 3.8) is 0 Å². The minimum atomic E-state index is -0.819. The zero-order chi connectivity index (χ0) is 19.6. The molecule has 0 radical (unpaired) electrons. The van der Waals surface area contributed by atoms with Gasteiger partial charge in [0.25, 0.3) is 0 Å². The molecule has 1 saturated heterocycles. The molecule has 1 aliphatic rings. The van der Waals surface area contributed by atoms with Crippen LogP contribution >= 0.6 is 12.4 Å². The second kappa shape index (κ2) is 12.3.